The topological polar surface area (TPSA) is 49.3 Å². The number of para-hydroxylation sites is 1. The third kappa shape index (κ3) is 1.69. The SMILES string of the molecule is C=CCC1(O)C(=O)Nc2c(C(F)(F)F)cccc21. The summed E-state index contributed by atoms with van der Waals surface area (Å²) in [4.78, 5) is 11.6. The zero-order valence-corrected chi connectivity index (χ0v) is 9.21. The van der Waals surface area contributed by atoms with Gasteiger partial charge in [0.25, 0.3) is 5.91 Å². The molecule has 0 bridgehead atoms. The number of anilines is 1. The number of halogens is 3. The molecule has 1 aliphatic rings. The van der Waals surface area contributed by atoms with Gasteiger partial charge in [0.1, 0.15) is 0 Å². The Morgan fingerprint density at radius 3 is 2.67 bits per heavy atom. The summed E-state index contributed by atoms with van der Waals surface area (Å²) in [5, 5.41) is 12.2. The van der Waals surface area contributed by atoms with E-state index in [-0.39, 0.29) is 17.7 Å². The largest absolute Gasteiger partial charge is 0.418 e. The molecule has 0 aromatic heterocycles. The van der Waals surface area contributed by atoms with E-state index in [1.165, 1.54) is 12.1 Å². The molecule has 0 spiro atoms. The molecule has 1 heterocycles. The number of carbonyl (C=O) groups is 1. The van der Waals surface area contributed by atoms with E-state index in [1.54, 1.807) is 0 Å². The van der Waals surface area contributed by atoms with Crippen molar-refractivity contribution in [1.29, 1.82) is 0 Å². The second-order valence-corrected chi connectivity index (χ2v) is 4.03. The molecule has 0 saturated heterocycles. The molecule has 0 fully saturated rings. The molecule has 1 atom stereocenters. The van der Waals surface area contributed by atoms with Crippen LogP contribution in [-0.4, -0.2) is 11.0 Å². The van der Waals surface area contributed by atoms with Crippen molar-refractivity contribution in [1.82, 2.24) is 0 Å². The van der Waals surface area contributed by atoms with E-state index >= 15 is 0 Å². The lowest BCUT2D eigenvalue weighted by Crippen LogP contribution is -2.33. The number of aliphatic hydroxyl groups is 1. The van der Waals surface area contributed by atoms with Gasteiger partial charge in [-0.25, -0.2) is 0 Å². The van der Waals surface area contributed by atoms with Crippen LogP contribution in [-0.2, 0) is 16.6 Å². The number of hydrogen-bond donors (Lipinski definition) is 2. The Labute approximate surface area is 101 Å². The summed E-state index contributed by atoms with van der Waals surface area (Å²) in [7, 11) is 0. The van der Waals surface area contributed by atoms with Crippen LogP contribution in [0.25, 0.3) is 0 Å². The summed E-state index contributed by atoms with van der Waals surface area (Å²) in [5.41, 5.74) is -3.38. The van der Waals surface area contributed by atoms with Crippen LogP contribution in [0.15, 0.2) is 30.9 Å². The van der Waals surface area contributed by atoms with Crippen molar-refractivity contribution in [2.75, 3.05) is 5.32 Å². The lowest BCUT2D eigenvalue weighted by molar-refractivity contribution is -0.137. The van der Waals surface area contributed by atoms with Crippen molar-refractivity contribution in [2.45, 2.75) is 18.2 Å². The number of benzene rings is 1. The Hall–Kier alpha value is -1.82. The minimum Gasteiger partial charge on any atom is -0.375 e. The fraction of sp³-hybridized carbons (Fsp3) is 0.250. The van der Waals surface area contributed by atoms with Crippen LogP contribution >= 0.6 is 0 Å². The van der Waals surface area contributed by atoms with Crippen LogP contribution in [0.5, 0.6) is 0 Å². The van der Waals surface area contributed by atoms with E-state index in [0.29, 0.717) is 0 Å². The Morgan fingerprint density at radius 1 is 1.44 bits per heavy atom. The predicted octanol–water partition coefficient (Wildman–Crippen LogP) is 2.42. The number of amides is 1. The van der Waals surface area contributed by atoms with Gasteiger partial charge in [-0.05, 0) is 6.07 Å². The molecule has 1 unspecified atom stereocenters. The quantitative estimate of drug-likeness (QED) is 0.799. The van der Waals surface area contributed by atoms with Gasteiger partial charge in [-0.2, -0.15) is 13.2 Å². The third-order valence-electron chi connectivity index (χ3n) is 2.87. The number of hydrogen-bond acceptors (Lipinski definition) is 2. The van der Waals surface area contributed by atoms with Gasteiger partial charge in [0.05, 0.1) is 11.3 Å². The first-order valence-corrected chi connectivity index (χ1v) is 5.16. The third-order valence-corrected chi connectivity index (χ3v) is 2.87. The molecule has 0 radical (unpaired) electrons. The fourth-order valence-electron chi connectivity index (χ4n) is 2.02. The summed E-state index contributed by atoms with van der Waals surface area (Å²) in [6.45, 7) is 3.39. The Balaban J connectivity index is 2.63. The van der Waals surface area contributed by atoms with Gasteiger partial charge in [0.15, 0.2) is 5.60 Å². The molecule has 6 heteroatoms. The van der Waals surface area contributed by atoms with E-state index < -0.39 is 23.2 Å². The predicted molar refractivity (Wildman–Crippen MR) is 58.8 cm³/mol. The van der Waals surface area contributed by atoms with Crippen LogP contribution in [0.1, 0.15) is 17.5 Å². The highest BCUT2D eigenvalue weighted by atomic mass is 19.4. The summed E-state index contributed by atoms with van der Waals surface area (Å²) >= 11 is 0. The molecule has 18 heavy (non-hydrogen) atoms. The lowest BCUT2D eigenvalue weighted by Gasteiger charge is -2.19. The zero-order chi connectivity index (χ0) is 13.6. The summed E-state index contributed by atoms with van der Waals surface area (Å²) in [5.74, 6) is -0.867. The van der Waals surface area contributed by atoms with Gasteiger partial charge < -0.3 is 10.4 Å². The number of carbonyl (C=O) groups excluding carboxylic acids is 1. The van der Waals surface area contributed by atoms with Crippen LogP contribution in [0.3, 0.4) is 0 Å². The average molecular weight is 257 g/mol. The smallest absolute Gasteiger partial charge is 0.375 e. The number of fused-ring (bicyclic) bond motifs is 1. The second-order valence-electron chi connectivity index (χ2n) is 4.03. The van der Waals surface area contributed by atoms with Crippen molar-refractivity contribution < 1.29 is 23.1 Å². The van der Waals surface area contributed by atoms with Gasteiger partial charge in [-0.3, -0.25) is 4.79 Å². The first-order chi connectivity index (χ1) is 8.30. The van der Waals surface area contributed by atoms with Gasteiger partial charge in [0, 0.05) is 12.0 Å². The molecular weight excluding hydrogens is 247 g/mol. The molecule has 2 N–H and O–H groups in total. The van der Waals surface area contributed by atoms with Gasteiger partial charge in [-0.15, -0.1) is 6.58 Å². The maximum atomic E-state index is 12.8. The maximum Gasteiger partial charge on any atom is 0.418 e. The molecule has 0 saturated carbocycles. The number of rotatable bonds is 2. The van der Waals surface area contributed by atoms with E-state index in [2.05, 4.69) is 11.9 Å². The standard InChI is InChI=1S/C12H10F3NO2/c1-2-6-11(18)7-4-3-5-8(12(13,14)15)9(7)16-10(11)17/h2-5,18H,1,6H2,(H,16,17). The Kier molecular flexibility index (Phi) is 2.70. The molecule has 1 aliphatic heterocycles. The number of alkyl halides is 3. The first kappa shape index (κ1) is 12.6. The van der Waals surface area contributed by atoms with Crippen LogP contribution in [0, 0.1) is 0 Å². The molecule has 96 valence electrons. The Bertz CT molecular complexity index is 525. The zero-order valence-electron chi connectivity index (χ0n) is 9.21. The van der Waals surface area contributed by atoms with Crippen LogP contribution in [0.4, 0.5) is 18.9 Å². The van der Waals surface area contributed by atoms with Crippen molar-refractivity contribution in [2.24, 2.45) is 0 Å². The summed E-state index contributed by atoms with van der Waals surface area (Å²) in [6, 6.07) is 3.32. The van der Waals surface area contributed by atoms with Crippen LogP contribution in [0.2, 0.25) is 0 Å². The first-order valence-electron chi connectivity index (χ1n) is 5.16. The molecule has 3 nitrogen and oxygen atoms in total. The highest BCUT2D eigenvalue weighted by Gasteiger charge is 2.48. The normalized spacial score (nSPS) is 22.6. The average Bonchev–Trinajstić information content (AvgIpc) is 2.51. The van der Waals surface area contributed by atoms with Gasteiger partial charge in [-0.1, -0.05) is 18.2 Å². The maximum absolute atomic E-state index is 12.8. The van der Waals surface area contributed by atoms with Gasteiger partial charge >= 0.3 is 6.18 Å². The highest BCUT2D eigenvalue weighted by Crippen LogP contribution is 2.45. The summed E-state index contributed by atoms with van der Waals surface area (Å²) < 4.78 is 38.3. The molecule has 2 rings (SSSR count). The van der Waals surface area contributed by atoms with Gasteiger partial charge in [0.2, 0.25) is 0 Å². The summed E-state index contributed by atoms with van der Waals surface area (Å²) in [6.07, 6.45) is -3.44. The number of nitrogens with one attached hydrogen (secondary N) is 1. The van der Waals surface area contributed by atoms with Crippen molar-refractivity contribution in [3.63, 3.8) is 0 Å². The van der Waals surface area contributed by atoms with E-state index in [1.807, 2.05) is 0 Å². The van der Waals surface area contributed by atoms with Crippen molar-refractivity contribution in [3.8, 4) is 0 Å². The van der Waals surface area contributed by atoms with E-state index in [0.717, 1.165) is 12.1 Å². The molecule has 1 amide bonds. The lowest BCUT2D eigenvalue weighted by atomic mass is 9.91. The highest BCUT2D eigenvalue weighted by molar-refractivity contribution is 6.05. The monoisotopic (exact) mass is 257 g/mol. The molecule has 1 aromatic carbocycles. The minimum absolute atomic E-state index is 0.0674. The fourth-order valence-corrected chi connectivity index (χ4v) is 2.02. The van der Waals surface area contributed by atoms with Crippen molar-refractivity contribution >= 4 is 11.6 Å². The second kappa shape index (κ2) is 3.84. The van der Waals surface area contributed by atoms with Crippen LogP contribution < -0.4 is 5.32 Å². The van der Waals surface area contributed by atoms with E-state index in [4.69, 9.17) is 0 Å². The molecule has 0 aliphatic carbocycles. The minimum atomic E-state index is -4.59. The molecular formula is C12H10F3NO2. The molecule has 1 aromatic rings. The van der Waals surface area contributed by atoms with Crippen molar-refractivity contribution in [3.05, 3.63) is 42.0 Å². The van der Waals surface area contributed by atoms with E-state index in [9.17, 15) is 23.1 Å². The Morgan fingerprint density at radius 2 is 2.11 bits per heavy atom.